The lowest BCUT2D eigenvalue weighted by atomic mass is 10.1. The summed E-state index contributed by atoms with van der Waals surface area (Å²) >= 11 is 7.35. The number of nitrogens with one attached hydrogen (secondary N) is 1. The summed E-state index contributed by atoms with van der Waals surface area (Å²) in [7, 11) is 1.60. The zero-order valence-corrected chi connectivity index (χ0v) is 19.4. The summed E-state index contributed by atoms with van der Waals surface area (Å²) in [5, 5.41) is 3.58. The van der Waals surface area contributed by atoms with E-state index in [1.807, 2.05) is 50.2 Å². The first-order valence-corrected chi connectivity index (χ1v) is 11.2. The molecule has 0 bridgehead atoms. The van der Waals surface area contributed by atoms with Crippen molar-refractivity contribution in [1.82, 2.24) is 10.2 Å². The predicted molar refractivity (Wildman–Crippen MR) is 123 cm³/mol. The number of benzene rings is 2. The van der Waals surface area contributed by atoms with Gasteiger partial charge in [0.25, 0.3) is 0 Å². The number of halogens is 1. The van der Waals surface area contributed by atoms with Gasteiger partial charge in [-0.3, -0.25) is 9.59 Å². The third-order valence-corrected chi connectivity index (χ3v) is 5.76. The number of nitrogens with zero attached hydrogens (tertiary/aromatic N) is 1. The molecule has 0 spiro atoms. The Labute approximate surface area is 188 Å². The van der Waals surface area contributed by atoms with Crippen molar-refractivity contribution >= 4 is 35.2 Å². The summed E-state index contributed by atoms with van der Waals surface area (Å²) in [5.41, 5.74) is 0.905. The van der Waals surface area contributed by atoms with Crippen molar-refractivity contribution in [3.8, 4) is 5.75 Å². The van der Waals surface area contributed by atoms with Crippen molar-refractivity contribution in [2.45, 2.75) is 38.3 Å². The molecule has 30 heavy (non-hydrogen) atoms. The summed E-state index contributed by atoms with van der Waals surface area (Å²) in [6.07, 6.45) is 0. The molecule has 2 rings (SSSR count). The van der Waals surface area contributed by atoms with Gasteiger partial charge in [0.15, 0.2) is 0 Å². The van der Waals surface area contributed by atoms with Crippen molar-refractivity contribution in [2.24, 2.45) is 5.92 Å². The Hall–Kier alpha value is -2.18. The largest absolute Gasteiger partial charge is 0.497 e. The maximum absolute atomic E-state index is 13.1. The van der Waals surface area contributed by atoms with Gasteiger partial charge in [-0.1, -0.05) is 37.6 Å². The van der Waals surface area contributed by atoms with E-state index in [-0.39, 0.29) is 17.6 Å². The molecule has 162 valence electrons. The average Bonchev–Trinajstić information content (AvgIpc) is 2.74. The standard InChI is InChI=1S/C23H29ClN2O3S/c1-16(2)13-25-23(28)17(3)26(14-18-6-5-7-20(12-18)29-4)22(27)15-30-21-10-8-19(24)9-11-21/h5-12,16-17H,13-15H2,1-4H3,(H,25,28). The number of ether oxygens (including phenoxy) is 1. The van der Waals surface area contributed by atoms with Crippen LogP contribution in [0.1, 0.15) is 26.3 Å². The predicted octanol–water partition coefficient (Wildman–Crippen LogP) is 4.63. The summed E-state index contributed by atoms with van der Waals surface area (Å²) in [6.45, 7) is 6.73. The second-order valence-electron chi connectivity index (χ2n) is 7.43. The van der Waals surface area contributed by atoms with E-state index in [1.54, 1.807) is 31.1 Å². The molecule has 1 atom stereocenters. The molecule has 0 saturated heterocycles. The number of carbonyl (C=O) groups is 2. The molecule has 0 aliphatic rings. The van der Waals surface area contributed by atoms with Crippen LogP contribution in [0.25, 0.3) is 0 Å². The van der Waals surface area contributed by atoms with Crippen molar-refractivity contribution < 1.29 is 14.3 Å². The number of rotatable bonds is 10. The monoisotopic (exact) mass is 448 g/mol. The number of amides is 2. The summed E-state index contributed by atoms with van der Waals surface area (Å²) < 4.78 is 5.29. The smallest absolute Gasteiger partial charge is 0.242 e. The molecule has 2 amide bonds. The van der Waals surface area contributed by atoms with Gasteiger partial charge in [-0.25, -0.2) is 0 Å². The van der Waals surface area contributed by atoms with Crippen LogP contribution in [-0.4, -0.2) is 42.2 Å². The Morgan fingerprint density at radius 2 is 1.83 bits per heavy atom. The van der Waals surface area contributed by atoms with Gasteiger partial charge in [0.1, 0.15) is 11.8 Å². The van der Waals surface area contributed by atoms with Crippen LogP contribution in [0.3, 0.4) is 0 Å². The highest BCUT2D eigenvalue weighted by molar-refractivity contribution is 8.00. The molecular weight excluding hydrogens is 420 g/mol. The minimum absolute atomic E-state index is 0.107. The molecule has 2 aromatic carbocycles. The first-order chi connectivity index (χ1) is 14.3. The van der Waals surface area contributed by atoms with E-state index >= 15 is 0 Å². The van der Waals surface area contributed by atoms with E-state index in [0.29, 0.717) is 29.8 Å². The normalized spacial score (nSPS) is 11.8. The molecule has 0 fully saturated rings. The second-order valence-corrected chi connectivity index (χ2v) is 8.92. The van der Waals surface area contributed by atoms with Gasteiger partial charge in [-0.2, -0.15) is 0 Å². The van der Waals surface area contributed by atoms with Crippen molar-refractivity contribution in [2.75, 3.05) is 19.4 Å². The lowest BCUT2D eigenvalue weighted by Crippen LogP contribution is -2.48. The minimum atomic E-state index is -0.590. The van der Waals surface area contributed by atoms with Crippen molar-refractivity contribution in [3.05, 3.63) is 59.1 Å². The second kappa shape index (κ2) is 11.9. The molecular formula is C23H29ClN2O3S. The lowest BCUT2D eigenvalue weighted by Gasteiger charge is -2.29. The van der Waals surface area contributed by atoms with E-state index < -0.39 is 6.04 Å². The average molecular weight is 449 g/mol. The fraction of sp³-hybridized carbons (Fsp3) is 0.391. The molecule has 0 heterocycles. The number of hydrogen-bond donors (Lipinski definition) is 1. The maximum atomic E-state index is 13.1. The van der Waals surface area contributed by atoms with Gasteiger partial charge >= 0.3 is 0 Å². The summed E-state index contributed by atoms with van der Waals surface area (Å²) in [6, 6.07) is 14.3. The third kappa shape index (κ3) is 7.58. The zero-order chi connectivity index (χ0) is 22.1. The highest BCUT2D eigenvalue weighted by Crippen LogP contribution is 2.22. The van der Waals surface area contributed by atoms with Crippen molar-refractivity contribution in [1.29, 1.82) is 0 Å². The Kier molecular flexibility index (Phi) is 9.53. The topological polar surface area (TPSA) is 58.6 Å². The number of methoxy groups -OCH3 is 1. The third-order valence-electron chi connectivity index (χ3n) is 4.51. The summed E-state index contributed by atoms with van der Waals surface area (Å²) in [4.78, 5) is 28.3. The van der Waals surface area contributed by atoms with Gasteiger partial charge in [-0.05, 0) is 54.8 Å². The van der Waals surface area contributed by atoms with E-state index in [9.17, 15) is 9.59 Å². The van der Waals surface area contributed by atoms with Crippen LogP contribution in [0.4, 0.5) is 0 Å². The Morgan fingerprint density at radius 1 is 1.13 bits per heavy atom. The Morgan fingerprint density at radius 3 is 2.47 bits per heavy atom. The molecule has 2 aromatic rings. The van der Waals surface area contributed by atoms with Crippen LogP contribution in [-0.2, 0) is 16.1 Å². The van der Waals surface area contributed by atoms with Gasteiger partial charge in [0, 0.05) is 23.0 Å². The molecule has 5 nitrogen and oxygen atoms in total. The number of carbonyl (C=O) groups excluding carboxylic acids is 2. The molecule has 1 unspecified atom stereocenters. The van der Waals surface area contributed by atoms with Gasteiger partial charge in [0.2, 0.25) is 11.8 Å². The SMILES string of the molecule is COc1cccc(CN(C(=O)CSc2ccc(Cl)cc2)C(C)C(=O)NCC(C)C)c1. The quantitative estimate of drug-likeness (QED) is 0.538. The first-order valence-electron chi connectivity index (χ1n) is 9.88. The highest BCUT2D eigenvalue weighted by Gasteiger charge is 2.26. The molecule has 1 N–H and O–H groups in total. The fourth-order valence-electron chi connectivity index (χ4n) is 2.76. The van der Waals surface area contributed by atoms with E-state index in [1.165, 1.54) is 11.8 Å². The van der Waals surface area contributed by atoms with Crippen LogP contribution < -0.4 is 10.1 Å². The first kappa shape index (κ1) is 24.1. The van der Waals surface area contributed by atoms with E-state index in [2.05, 4.69) is 5.32 Å². The molecule has 7 heteroatoms. The van der Waals surface area contributed by atoms with Crippen LogP contribution in [0.5, 0.6) is 5.75 Å². The summed E-state index contributed by atoms with van der Waals surface area (Å²) in [5.74, 6) is 1.02. The molecule has 0 saturated carbocycles. The number of hydrogen-bond acceptors (Lipinski definition) is 4. The molecule has 0 aliphatic carbocycles. The van der Waals surface area contributed by atoms with E-state index in [4.69, 9.17) is 16.3 Å². The highest BCUT2D eigenvalue weighted by atomic mass is 35.5. The number of thioether (sulfide) groups is 1. The zero-order valence-electron chi connectivity index (χ0n) is 17.9. The molecule has 0 aromatic heterocycles. The van der Waals surface area contributed by atoms with Crippen molar-refractivity contribution in [3.63, 3.8) is 0 Å². The van der Waals surface area contributed by atoms with Crippen LogP contribution in [0, 0.1) is 5.92 Å². The van der Waals surface area contributed by atoms with Gasteiger partial charge < -0.3 is 15.0 Å². The maximum Gasteiger partial charge on any atom is 0.242 e. The van der Waals surface area contributed by atoms with Crippen LogP contribution in [0.2, 0.25) is 5.02 Å². The van der Waals surface area contributed by atoms with Gasteiger partial charge in [-0.15, -0.1) is 11.8 Å². The van der Waals surface area contributed by atoms with Crippen LogP contribution >= 0.6 is 23.4 Å². The van der Waals surface area contributed by atoms with Crippen LogP contribution in [0.15, 0.2) is 53.4 Å². The fourth-order valence-corrected chi connectivity index (χ4v) is 3.67. The minimum Gasteiger partial charge on any atom is -0.497 e. The van der Waals surface area contributed by atoms with E-state index in [0.717, 1.165) is 10.5 Å². The molecule has 0 aliphatic heterocycles. The Bertz CT molecular complexity index is 843. The van der Waals surface area contributed by atoms with Gasteiger partial charge in [0.05, 0.1) is 12.9 Å². The molecule has 0 radical (unpaired) electrons. The lowest BCUT2D eigenvalue weighted by molar-refractivity contribution is -0.138. The Balaban J connectivity index is 2.14.